The summed E-state index contributed by atoms with van der Waals surface area (Å²) in [7, 11) is 0. The zero-order valence-corrected chi connectivity index (χ0v) is 9.18. The maximum atomic E-state index is 13.5. The minimum absolute atomic E-state index is 0.172. The lowest BCUT2D eigenvalue weighted by atomic mass is 10.0. The van der Waals surface area contributed by atoms with E-state index in [9.17, 15) is 8.78 Å². The van der Waals surface area contributed by atoms with Crippen molar-refractivity contribution in [3.8, 4) is 0 Å². The van der Waals surface area contributed by atoms with Crippen molar-refractivity contribution in [1.29, 1.82) is 0 Å². The van der Waals surface area contributed by atoms with Crippen LogP contribution in [0.3, 0.4) is 0 Å². The molecule has 78 valence electrons. The maximum absolute atomic E-state index is 13.5. The van der Waals surface area contributed by atoms with Crippen molar-refractivity contribution in [1.82, 2.24) is 0 Å². The van der Waals surface area contributed by atoms with E-state index in [0.29, 0.717) is 0 Å². The molecule has 1 rings (SSSR count). The molecule has 0 aliphatic rings. The minimum Gasteiger partial charge on any atom is -0.326 e. The second-order valence-corrected chi connectivity index (χ2v) is 4.00. The average molecular weight is 265 g/mol. The van der Waals surface area contributed by atoms with E-state index >= 15 is 0 Å². The van der Waals surface area contributed by atoms with Gasteiger partial charge in [-0.15, -0.1) is 0 Å². The largest absolute Gasteiger partial charge is 0.326 e. The van der Waals surface area contributed by atoms with Crippen LogP contribution in [-0.2, 0) is 0 Å². The summed E-state index contributed by atoms with van der Waals surface area (Å²) in [6.07, 6.45) is 0. The van der Waals surface area contributed by atoms with Crippen LogP contribution in [0.25, 0.3) is 0 Å². The van der Waals surface area contributed by atoms with Crippen LogP contribution in [0.4, 0.5) is 8.78 Å². The van der Waals surface area contributed by atoms with Crippen LogP contribution < -0.4 is 11.5 Å². The summed E-state index contributed by atoms with van der Waals surface area (Å²) in [5.41, 5.74) is 10.9. The fourth-order valence-corrected chi connectivity index (χ4v) is 1.46. The molecule has 2 atom stereocenters. The highest BCUT2D eigenvalue weighted by Gasteiger charge is 2.21. The Morgan fingerprint density at radius 2 is 1.86 bits per heavy atom. The number of hydrogen-bond acceptors (Lipinski definition) is 2. The van der Waals surface area contributed by atoms with E-state index in [1.54, 1.807) is 6.92 Å². The average Bonchev–Trinajstić information content (AvgIpc) is 2.12. The van der Waals surface area contributed by atoms with Crippen molar-refractivity contribution in [3.63, 3.8) is 0 Å². The predicted molar refractivity (Wildman–Crippen MR) is 54.6 cm³/mol. The van der Waals surface area contributed by atoms with Gasteiger partial charge in [-0.1, -0.05) is 0 Å². The van der Waals surface area contributed by atoms with Crippen molar-refractivity contribution in [2.45, 2.75) is 19.0 Å². The van der Waals surface area contributed by atoms with E-state index < -0.39 is 23.7 Å². The summed E-state index contributed by atoms with van der Waals surface area (Å²) in [6.45, 7) is 1.60. The Hall–Kier alpha value is -0.520. The normalized spacial score (nSPS) is 15.3. The Morgan fingerprint density at radius 1 is 1.29 bits per heavy atom. The summed E-state index contributed by atoms with van der Waals surface area (Å²) in [6, 6.07) is 1.10. The summed E-state index contributed by atoms with van der Waals surface area (Å²) in [4.78, 5) is 0. The monoisotopic (exact) mass is 264 g/mol. The molecule has 0 aromatic heterocycles. The quantitative estimate of drug-likeness (QED) is 0.804. The van der Waals surface area contributed by atoms with Gasteiger partial charge >= 0.3 is 0 Å². The van der Waals surface area contributed by atoms with E-state index in [1.807, 2.05) is 0 Å². The lowest BCUT2D eigenvalue weighted by Crippen LogP contribution is -2.32. The molecular weight excluding hydrogens is 254 g/mol. The predicted octanol–water partition coefficient (Wildman–Crippen LogP) is 2.07. The third-order valence-corrected chi connectivity index (χ3v) is 2.59. The molecule has 0 bridgehead atoms. The molecule has 1 aromatic carbocycles. The standard InChI is InChI=1S/C9H11BrF2N2/c1-4(13)9(14)7-6(11)3-2-5(10)8(7)12/h2-4,9H,13-14H2,1H3/t4-,9+/m0/s1. The van der Waals surface area contributed by atoms with Crippen LogP contribution in [0.15, 0.2) is 16.6 Å². The summed E-state index contributed by atoms with van der Waals surface area (Å²) in [5.74, 6) is -1.36. The Labute approximate surface area is 89.4 Å². The molecule has 0 unspecified atom stereocenters. The molecule has 14 heavy (non-hydrogen) atoms. The van der Waals surface area contributed by atoms with E-state index in [1.165, 1.54) is 6.07 Å². The van der Waals surface area contributed by atoms with Crippen LogP contribution in [0.1, 0.15) is 18.5 Å². The number of rotatable bonds is 2. The number of hydrogen-bond donors (Lipinski definition) is 2. The summed E-state index contributed by atoms with van der Waals surface area (Å²) >= 11 is 2.96. The third kappa shape index (κ3) is 2.10. The molecule has 0 aliphatic carbocycles. The minimum atomic E-state index is -0.840. The smallest absolute Gasteiger partial charge is 0.145 e. The molecule has 1 aromatic rings. The molecule has 0 radical (unpaired) electrons. The number of benzene rings is 1. The van der Waals surface area contributed by atoms with Crippen molar-refractivity contribution in [3.05, 3.63) is 33.8 Å². The van der Waals surface area contributed by atoms with Gasteiger partial charge in [0.05, 0.1) is 10.5 Å². The number of nitrogens with two attached hydrogens (primary N) is 2. The second-order valence-electron chi connectivity index (χ2n) is 3.14. The topological polar surface area (TPSA) is 52.0 Å². The maximum Gasteiger partial charge on any atom is 0.145 e. The van der Waals surface area contributed by atoms with Crippen LogP contribution in [0.2, 0.25) is 0 Å². The molecule has 2 nitrogen and oxygen atoms in total. The molecule has 0 amide bonds. The highest BCUT2D eigenvalue weighted by atomic mass is 79.9. The lowest BCUT2D eigenvalue weighted by molar-refractivity contribution is 0.490. The fraction of sp³-hybridized carbons (Fsp3) is 0.333. The SMILES string of the molecule is C[C@H](N)[C@@H](N)c1c(F)ccc(Br)c1F. The van der Waals surface area contributed by atoms with Gasteiger partial charge in [0.25, 0.3) is 0 Å². The van der Waals surface area contributed by atoms with Gasteiger partial charge in [0.1, 0.15) is 11.6 Å². The highest BCUT2D eigenvalue weighted by Crippen LogP contribution is 2.26. The van der Waals surface area contributed by atoms with Gasteiger partial charge < -0.3 is 11.5 Å². The molecule has 0 aliphatic heterocycles. The first kappa shape index (κ1) is 11.6. The summed E-state index contributed by atoms with van der Waals surface area (Å²) < 4.78 is 26.9. The molecule has 0 saturated heterocycles. The molecular formula is C9H11BrF2N2. The first-order valence-corrected chi connectivity index (χ1v) is 4.89. The van der Waals surface area contributed by atoms with Crippen molar-refractivity contribution in [2.24, 2.45) is 11.5 Å². The van der Waals surface area contributed by atoms with Gasteiger partial charge in [-0.2, -0.15) is 0 Å². The van der Waals surface area contributed by atoms with Gasteiger partial charge in [0.15, 0.2) is 0 Å². The van der Waals surface area contributed by atoms with Gasteiger partial charge in [-0.25, -0.2) is 8.78 Å². The van der Waals surface area contributed by atoms with Crippen LogP contribution in [0.5, 0.6) is 0 Å². The Balaban J connectivity index is 3.25. The molecule has 0 saturated carbocycles. The van der Waals surface area contributed by atoms with Crippen molar-refractivity contribution >= 4 is 15.9 Å². The molecule has 0 spiro atoms. The fourth-order valence-electron chi connectivity index (χ4n) is 1.11. The Morgan fingerprint density at radius 3 is 2.36 bits per heavy atom. The molecule has 5 heteroatoms. The molecule has 0 heterocycles. The zero-order valence-electron chi connectivity index (χ0n) is 7.60. The Kier molecular flexibility index (Phi) is 3.58. The van der Waals surface area contributed by atoms with Crippen LogP contribution in [0, 0.1) is 11.6 Å². The second kappa shape index (κ2) is 4.33. The van der Waals surface area contributed by atoms with Gasteiger partial charge in [0, 0.05) is 11.6 Å². The first-order valence-electron chi connectivity index (χ1n) is 4.09. The first-order chi connectivity index (χ1) is 6.45. The van der Waals surface area contributed by atoms with Gasteiger partial charge in [-0.3, -0.25) is 0 Å². The van der Waals surface area contributed by atoms with E-state index in [-0.39, 0.29) is 10.0 Å². The van der Waals surface area contributed by atoms with Gasteiger partial charge in [-0.05, 0) is 35.0 Å². The van der Waals surface area contributed by atoms with E-state index in [4.69, 9.17) is 11.5 Å². The van der Waals surface area contributed by atoms with Crippen LogP contribution in [-0.4, -0.2) is 6.04 Å². The van der Waals surface area contributed by atoms with Crippen molar-refractivity contribution < 1.29 is 8.78 Å². The van der Waals surface area contributed by atoms with Crippen LogP contribution >= 0.6 is 15.9 Å². The van der Waals surface area contributed by atoms with Gasteiger partial charge in [0.2, 0.25) is 0 Å². The van der Waals surface area contributed by atoms with E-state index in [2.05, 4.69) is 15.9 Å². The Bertz CT molecular complexity index is 342. The summed E-state index contributed by atoms with van der Waals surface area (Å²) in [5, 5.41) is 0. The third-order valence-electron chi connectivity index (χ3n) is 1.98. The van der Waals surface area contributed by atoms with E-state index in [0.717, 1.165) is 6.07 Å². The molecule has 0 fully saturated rings. The highest BCUT2D eigenvalue weighted by molar-refractivity contribution is 9.10. The zero-order chi connectivity index (χ0) is 10.9. The van der Waals surface area contributed by atoms with Crippen molar-refractivity contribution in [2.75, 3.05) is 0 Å². The molecule has 4 N–H and O–H groups in total. The number of halogens is 3. The lowest BCUT2D eigenvalue weighted by Gasteiger charge is -2.17.